The molecule has 1 aliphatic heterocycles. The van der Waals surface area contributed by atoms with E-state index >= 15 is 0 Å². The minimum Gasteiger partial charge on any atom is -0.455 e. The van der Waals surface area contributed by atoms with E-state index in [2.05, 4.69) is 10.7 Å². The summed E-state index contributed by atoms with van der Waals surface area (Å²) in [7, 11) is 0. The Kier molecular flexibility index (Phi) is 6.41. The van der Waals surface area contributed by atoms with Crippen LogP contribution in [0, 0.1) is 18.7 Å². The van der Waals surface area contributed by atoms with Crippen molar-refractivity contribution < 1.29 is 28.3 Å². The monoisotopic (exact) mass is 413 g/mol. The summed E-state index contributed by atoms with van der Waals surface area (Å²) in [6.45, 7) is 1.25. The second-order valence-electron chi connectivity index (χ2n) is 6.88. The highest BCUT2D eigenvalue weighted by atomic mass is 19.1. The van der Waals surface area contributed by atoms with Crippen molar-refractivity contribution in [2.45, 2.75) is 13.3 Å². The number of ether oxygens (including phenoxy) is 1. The Morgan fingerprint density at radius 2 is 1.90 bits per heavy atom. The summed E-state index contributed by atoms with van der Waals surface area (Å²) < 4.78 is 17.8. The first-order valence-electron chi connectivity index (χ1n) is 9.22. The number of carbonyl (C=O) groups is 4. The molecule has 1 aliphatic rings. The molecule has 9 heteroatoms. The molecule has 0 aliphatic carbocycles. The molecule has 0 unspecified atom stereocenters. The molecular formula is C21H20FN3O5. The minimum absolute atomic E-state index is 0.0468. The van der Waals surface area contributed by atoms with E-state index in [0.717, 1.165) is 10.6 Å². The van der Waals surface area contributed by atoms with Crippen molar-refractivity contribution in [1.29, 1.82) is 0 Å². The first kappa shape index (κ1) is 21.0. The van der Waals surface area contributed by atoms with E-state index in [4.69, 9.17) is 4.74 Å². The summed E-state index contributed by atoms with van der Waals surface area (Å²) in [5, 5.41) is 3.54. The largest absolute Gasteiger partial charge is 0.455 e. The Morgan fingerprint density at radius 1 is 1.17 bits per heavy atom. The van der Waals surface area contributed by atoms with E-state index in [-0.39, 0.29) is 13.0 Å². The van der Waals surface area contributed by atoms with Crippen LogP contribution in [-0.2, 0) is 19.1 Å². The van der Waals surface area contributed by atoms with Gasteiger partial charge in [-0.3, -0.25) is 29.6 Å². The van der Waals surface area contributed by atoms with Gasteiger partial charge in [-0.05, 0) is 43.3 Å². The molecule has 0 aromatic heterocycles. The summed E-state index contributed by atoms with van der Waals surface area (Å²) >= 11 is 0. The molecule has 1 fully saturated rings. The van der Waals surface area contributed by atoms with Gasteiger partial charge in [0.25, 0.3) is 11.8 Å². The standard InChI is InChI=1S/C21H20FN3O5/c1-13-3-2-4-14(9-13)20(28)24-25-11-15(10-19(25)27)21(29)30-12-18(26)23-17-7-5-16(22)6-8-17/h2-9,15H,10-12H2,1H3,(H,23,26)(H,24,28)/t15-/m1/s1. The van der Waals surface area contributed by atoms with E-state index < -0.39 is 42.0 Å². The average Bonchev–Trinajstić information content (AvgIpc) is 3.08. The lowest BCUT2D eigenvalue weighted by Crippen LogP contribution is -2.43. The van der Waals surface area contributed by atoms with Crippen LogP contribution in [0.1, 0.15) is 22.3 Å². The highest BCUT2D eigenvalue weighted by molar-refractivity contribution is 5.97. The van der Waals surface area contributed by atoms with Gasteiger partial charge in [-0.15, -0.1) is 0 Å². The highest BCUT2D eigenvalue weighted by Gasteiger charge is 2.36. The molecule has 1 saturated heterocycles. The van der Waals surface area contributed by atoms with Crippen LogP contribution in [0.4, 0.5) is 10.1 Å². The molecule has 0 bridgehead atoms. The Morgan fingerprint density at radius 3 is 2.60 bits per heavy atom. The van der Waals surface area contributed by atoms with Crippen LogP contribution in [-0.4, -0.2) is 41.9 Å². The molecule has 1 atom stereocenters. The maximum absolute atomic E-state index is 12.9. The van der Waals surface area contributed by atoms with E-state index in [1.54, 1.807) is 18.2 Å². The number of nitrogens with zero attached hydrogens (tertiary/aromatic N) is 1. The Hall–Kier alpha value is -3.75. The molecule has 8 nitrogen and oxygen atoms in total. The lowest BCUT2D eigenvalue weighted by atomic mass is 10.1. The summed E-state index contributed by atoms with van der Waals surface area (Å²) in [4.78, 5) is 48.5. The molecule has 2 N–H and O–H groups in total. The average molecular weight is 413 g/mol. The van der Waals surface area contributed by atoms with Crippen LogP contribution in [0.2, 0.25) is 0 Å². The molecule has 1 heterocycles. The number of nitrogens with one attached hydrogen (secondary N) is 2. The van der Waals surface area contributed by atoms with Gasteiger partial charge in [0.2, 0.25) is 5.91 Å². The second-order valence-corrected chi connectivity index (χ2v) is 6.88. The molecule has 30 heavy (non-hydrogen) atoms. The zero-order valence-corrected chi connectivity index (χ0v) is 16.2. The highest BCUT2D eigenvalue weighted by Crippen LogP contribution is 2.18. The number of esters is 1. The van der Waals surface area contributed by atoms with Gasteiger partial charge in [0.05, 0.1) is 12.5 Å². The Labute approximate surface area is 172 Å². The number of hydrogen-bond acceptors (Lipinski definition) is 5. The third kappa shape index (κ3) is 5.40. The van der Waals surface area contributed by atoms with Crippen LogP contribution < -0.4 is 10.7 Å². The maximum Gasteiger partial charge on any atom is 0.311 e. The van der Waals surface area contributed by atoms with Crippen molar-refractivity contribution in [3.8, 4) is 0 Å². The quantitative estimate of drug-likeness (QED) is 0.703. The molecule has 2 aromatic rings. The van der Waals surface area contributed by atoms with Gasteiger partial charge >= 0.3 is 5.97 Å². The molecule has 3 amide bonds. The Balaban J connectivity index is 1.47. The normalized spacial score (nSPS) is 15.6. The predicted molar refractivity (Wildman–Crippen MR) is 104 cm³/mol. The molecular weight excluding hydrogens is 393 g/mol. The van der Waals surface area contributed by atoms with Gasteiger partial charge in [-0.25, -0.2) is 4.39 Å². The topological polar surface area (TPSA) is 105 Å². The molecule has 0 radical (unpaired) electrons. The number of carbonyl (C=O) groups excluding carboxylic acids is 4. The van der Waals surface area contributed by atoms with Gasteiger partial charge in [-0.2, -0.15) is 0 Å². The van der Waals surface area contributed by atoms with Crippen molar-refractivity contribution in [3.63, 3.8) is 0 Å². The summed E-state index contributed by atoms with van der Waals surface area (Å²) in [6, 6.07) is 12.0. The molecule has 156 valence electrons. The second kappa shape index (κ2) is 9.17. The molecule has 0 saturated carbocycles. The maximum atomic E-state index is 12.9. The van der Waals surface area contributed by atoms with Crippen LogP contribution in [0.3, 0.4) is 0 Å². The fourth-order valence-corrected chi connectivity index (χ4v) is 2.93. The zero-order valence-electron chi connectivity index (χ0n) is 16.2. The fraction of sp³-hybridized carbons (Fsp3) is 0.238. The lowest BCUT2D eigenvalue weighted by Gasteiger charge is -2.17. The van der Waals surface area contributed by atoms with Crippen molar-refractivity contribution in [2.75, 3.05) is 18.5 Å². The van der Waals surface area contributed by atoms with Gasteiger partial charge in [-0.1, -0.05) is 17.7 Å². The summed E-state index contributed by atoms with van der Waals surface area (Å²) in [5.74, 6) is -3.43. The van der Waals surface area contributed by atoms with Crippen LogP contribution in [0.25, 0.3) is 0 Å². The lowest BCUT2D eigenvalue weighted by molar-refractivity contribution is -0.151. The molecule has 2 aromatic carbocycles. The van der Waals surface area contributed by atoms with Crippen molar-refractivity contribution in [3.05, 3.63) is 65.5 Å². The molecule has 0 spiro atoms. The summed E-state index contributed by atoms with van der Waals surface area (Å²) in [6.07, 6.45) is -0.132. The third-order valence-corrected chi connectivity index (χ3v) is 4.45. The summed E-state index contributed by atoms with van der Waals surface area (Å²) in [5.41, 5.74) is 4.14. The van der Waals surface area contributed by atoms with E-state index in [1.807, 2.05) is 13.0 Å². The minimum atomic E-state index is -0.797. The van der Waals surface area contributed by atoms with E-state index in [1.165, 1.54) is 24.3 Å². The fourth-order valence-electron chi connectivity index (χ4n) is 2.93. The first-order valence-corrected chi connectivity index (χ1v) is 9.22. The number of amides is 3. The van der Waals surface area contributed by atoms with Crippen molar-refractivity contribution in [1.82, 2.24) is 10.4 Å². The Bertz CT molecular complexity index is 977. The first-order chi connectivity index (χ1) is 14.3. The number of aryl methyl sites for hydroxylation is 1. The number of anilines is 1. The smallest absolute Gasteiger partial charge is 0.311 e. The van der Waals surface area contributed by atoms with Crippen molar-refractivity contribution in [2.24, 2.45) is 5.92 Å². The van der Waals surface area contributed by atoms with Crippen LogP contribution in [0.15, 0.2) is 48.5 Å². The van der Waals surface area contributed by atoms with Gasteiger partial charge in [0, 0.05) is 17.7 Å². The van der Waals surface area contributed by atoms with Gasteiger partial charge < -0.3 is 10.1 Å². The van der Waals surface area contributed by atoms with Gasteiger partial charge in [0.15, 0.2) is 6.61 Å². The zero-order chi connectivity index (χ0) is 21.7. The SMILES string of the molecule is Cc1cccc(C(=O)NN2C[C@H](C(=O)OCC(=O)Nc3ccc(F)cc3)CC2=O)c1. The number of rotatable bonds is 6. The van der Waals surface area contributed by atoms with E-state index in [0.29, 0.717) is 11.3 Å². The number of hydrazine groups is 1. The third-order valence-electron chi connectivity index (χ3n) is 4.45. The van der Waals surface area contributed by atoms with Crippen molar-refractivity contribution >= 4 is 29.4 Å². The molecule has 3 rings (SSSR count). The predicted octanol–water partition coefficient (Wildman–Crippen LogP) is 1.81. The van der Waals surface area contributed by atoms with Crippen LogP contribution >= 0.6 is 0 Å². The van der Waals surface area contributed by atoms with E-state index in [9.17, 15) is 23.6 Å². The number of hydrogen-bond donors (Lipinski definition) is 2. The number of halogens is 1. The number of benzene rings is 2. The van der Waals surface area contributed by atoms with Gasteiger partial charge in [0.1, 0.15) is 5.82 Å². The van der Waals surface area contributed by atoms with Crippen LogP contribution in [0.5, 0.6) is 0 Å².